The summed E-state index contributed by atoms with van der Waals surface area (Å²) < 4.78 is 6.07. The first kappa shape index (κ1) is 15.8. The quantitative estimate of drug-likeness (QED) is 0.615. The molecule has 104 valence electrons. The van der Waals surface area contributed by atoms with E-state index in [9.17, 15) is 0 Å². The second-order valence-corrected chi connectivity index (χ2v) is 10.8. The van der Waals surface area contributed by atoms with Crippen molar-refractivity contribution in [3.05, 3.63) is 29.8 Å². The molecule has 0 amide bonds. The van der Waals surface area contributed by atoms with Gasteiger partial charge in [0, 0.05) is 25.3 Å². The normalized spacial score (nSPS) is 11.7. The maximum atomic E-state index is 6.07. The molecular formula is C16H25NOSi. The highest BCUT2D eigenvalue weighted by atomic mass is 28.4. The molecule has 0 aromatic heterocycles. The molecule has 0 spiro atoms. The first-order valence-electron chi connectivity index (χ1n) is 6.60. The smallest absolute Gasteiger partial charge is 0.185 e. The Kier molecular flexibility index (Phi) is 4.84. The van der Waals surface area contributed by atoms with Gasteiger partial charge in [0.2, 0.25) is 0 Å². The lowest BCUT2D eigenvalue weighted by Gasteiger charge is -2.28. The largest absolute Gasteiger partial charge is 0.402 e. The summed E-state index contributed by atoms with van der Waals surface area (Å²) in [6.45, 7) is 10.6. The third-order valence-electron chi connectivity index (χ3n) is 2.45. The van der Waals surface area contributed by atoms with Gasteiger partial charge in [0.15, 0.2) is 8.32 Å². The van der Waals surface area contributed by atoms with Crippen molar-refractivity contribution in [1.82, 2.24) is 0 Å². The first-order valence-corrected chi connectivity index (χ1v) is 10.0. The molecule has 0 heterocycles. The lowest BCUT2D eigenvalue weighted by Crippen LogP contribution is -2.37. The maximum absolute atomic E-state index is 6.07. The Labute approximate surface area is 118 Å². The molecule has 0 unspecified atom stereocenters. The van der Waals surface area contributed by atoms with Crippen LogP contribution < -0.4 is 4.90 Å². The van der Waals surface area contributed by atoms with Crippen molar-refractivity contribution < 1.29 is 4.43 Å². The molecule has 0 saturated carbocycles. The topological polar surface area (TPSA) is 12.5 Å². The van der Waals surface area contributed by atoms with Gasteiger partial charge >= 0.3 is 0 Å². The van der Waals surface area contributed by atoms with Crippen LogP contribution in [0.1, 0.15) is 19.4 Å². The van der Waals surface area contributed by atoms with E-state index in [0.717, 1.165) is 5.56 Å². The van der Waals surface area contributed by atoms with Crippen LogP contribution in [-0.4, -0.2) is 28.0 Å². The fourth-order valence-corrected chi connectivity index (χ4v) is 3.44. The molecule has 0 fully saturated rings. The van der Waals surface area contributed by atoms with Crippen LogP contribution in [0.25, 0.3) is 0 Å². The van der Waals surface area contributed by atoms with Crippen LogP contribution in [0.4, 0.5) is 5.69 Å². The Morgan fingerprint density at radius 1 is 1.05 bits per heavy atom. The predicted octanol–water partition coefficient (Wildman–Crippen LogP) is 3.73. The SMILES string of the molecule is CN(C)c1ccc(C#CC(C)(C)O[Si](C)(C)C)cc1. The van der Waals surface area contributed by atoms with E-state index in [1.165, 1.54) is 5.69 Å². The molecule has 0 saturated heterocycles. The molecule has 2 nitrogen and oxygen atoms in total. The molecule has 1 rings (SSSR count). The molecule has 19 heavy (non-hydrogen) atoms. The number of hydrogen-bond donors (Lipinski definition) is 0. The van der Waals surface area contributed by atoms with Gasteiger partial charge in [0.25, 0.3) is 0 Å². The van der Waals surface area contributed by atoms with Gasteiger partial charge in [-0.05, 0) is 57.8 Å². The van der Waals surface area contributed by atoms with Gasteiger partial charge in [-0.2, -0.15) is 0 Å². The van der Waals surface area contributed by atoms with Crippen molar-refractivity contribution in [2.45, 2.75) is 39.1 Å². The third kappa shape index (κ3) is 5.95. The van der Waals surface area contributed by atoms with Crippen molar-refractivity contribution in [1.29, 1.82) is 0 Å². The second kappa shape index (κ2) is 5.81. The third-order valence-corrected chi connectivity index (χ3v) is 3.58. The molecule has 3 heteroatoms. The molecule has 0 atom stereocenters. The molecule has 0 bridgehead atoms. The number of rotatable bonds is 3. The summed E-state index contributed by atoms with van der Waals surface area (Å²) >= 11 is 0. The fourth-order valence-electron chi connectivity index (χ4n) is 1.86. The fraction of sp³-hybridized carbons (Fsp3) is 0.500. The van der Waals surface area contributed by atoms with E-state index in [-0.39, 0.29) is 5.60 Å². The Morgan fingerprint density at radius 3 is 2.00 bits per heavy atom. The van der Waals surface area contributed by atoms with E-state index in [1.807, 2.05) is 40.1 Å². The summed E-state index contributed by atoms with van der Waals surface area (Å²) in [4.78, 5) is 2.08. The van der Waals surface area contributed by atoms with Crippen LogP contribution in [-0.2, 0) is 4.43 Å². The summed E-state index contributed by atoms with van der Waals surface area (Å²) in [7, 11) is 2.50. The van der Waals surface area contributed by atoms with Gasteiger partial charge in [0.1, 0.15) is 5.60 Å². The highest BCUT2D eigenvalue weighted by Gasteiger charge is 2.25. The zero-order valence-corrected chi connectivity index (χ0v) is 14.2. The van der Waals surface area contributed by atoms with Crippen LogP contribution in [0.5, 0.6) is 0 Å². The van der Waals surface area contributed by atoms with Gasteiger partial charge in [-0.25, -0.2) is 0 Å². The minimum atomic E-state index is -1.56. The Balaban J connectivity index is 2.82. The van der Waals surface area contributed by atoms with E-state index >= 15 is 0 Å². The van der Waals surface area contributed by atoms with Crippen LogP contribution in [0.3, 0.4) is 0 Å². The average Bonchev–Trinajstić information content (AvgIpc) is 2.24. The zero-order chi connectivity index (χ0) is 14.7. The zero-order valence-electron chi connectivity index (χ0n) is 13.2. The van der Waals surface area contributed by atoms with Crippen molar-refractivity contribution in [3.8, 4) is 11.8 Å². The Morgan fingerprint density at radius 2 is 1.58 bits per heavy atom. The molecule has 0 aliphatic rings. The van der Waals surface area contributed by atoms with E-state index in [0.29, 0.717) is 0 Å². The van der Waals surface area contributed by atoms with Crippen LogP contribution in [0.2, 0.25) is 19.6 Å². The second-order valence-electron chi connectivity index (χ2n) is 6.42. The highest BCUT2D eigenvalue weighted by molar-refractivity contribution is 6.69. The van der Waals surface area contributed by atoms with Crippen LogP contribution in [0, 0.1) is 11.8 Å². The average molecular weight is 275 g/mol. The van der Waals surface area contributed by atoms with Gasteiger partial charge in [-0.3, -0.25) is 0 Å². The van der Waals surface area contributed by atoms with Crippen molar-refractivity contribution in [3.63, 3.8) is 0 Å². The number of benzene rings is 1. The van der Waals surface area contributed by atoms with Crippen molar-refractivity contribution >= 4 is 14.0 Å². The van der Waals surface area contributed by atoms with E-state index in [4.69, 9.17) is 4.43 Å². The maximum Gasteiger partial charge on any atom is 0.185 e. The predicted molar refractivity (Wildman–Crippen MR) is 86.2 cm³/mol. The monoisotopic (exact) mass is 275 g/mol. The molecule has 0 aliphatic heterocycles. The number of nitrogens with zero attached hydrogens (tertiary/aromatic N) is 1. The lowest BCUT2D eigenvalue weighted by molar-refractivity contribution is 0.164. The van der Waals surface area contributed by atoms with E-state index < -0.39 is 8.32 Å². The van der Waals surface area contributed by atoms with Gasteiger partial charge < -0.3 is 9.33 Å². The standard InChI is InChI=1S/C16H25NOSi/c1-16(2,18-19(5,6)7)13-12-14-8-10-15(11-9-14)17(3)4/h8-11H,1-7H3. The summed E-state index contributed by atoms with van der Waals surface area (Å²) in [6, 6.07) is 8.26. The number of anilines is 1. The Bertz CT molecular complexity index is 472. The lowest BCUT2D eigenvalue weighted by atomic mass is 10.1. The van der Waals surface area contributed by atoms with Crippen LogP contribution >= 0.6 is 0 Å². The Hall–Kier alpha value is -1.24. The van der Waals surface area contributed by atoms with Gasteiger partial charge in [0.05, 0.1) is 0 Å². The minimum Gasteiger partial charge on any atom is -0.402 e. The molecule has 1 aromatic rings. The van der Waals surface area contributed by atoms with E-state index in [1.54, 1.807) is 0 Å². The van der Waals surface area contributed by atoms with E-state index in [2.05, 4.69) is 48.5 Å². The minimum absolute atomic E-state index is 0.384. The molecule has 1 aromatic carbocycles. The van der Waals surface area contributed by atoms with Crippen LogP contribution in [0.15, 0.2) is 24.3 Å². The van der Waals surface area contributed by atoms with Crippen molar-refractivity contribution in [2.75, 3.05) is 19.0 Å². The summed E-state index contributed by atoms with van der Waals surface area (Å²) in [5, 5.41) is 0. The molecule has 0 radical (unpaired) electrons. The molecule has 0 N–H and O–H groups in total. The highest BCUT2D eigenvalue weighted by Crippen LogP contribution is 2.17. The van der Waals surface area contributed by atoms with Crippen molar-refractivity contribution in [2.24, 2.45) is 0 Å². The first-order chi connectivity index (χ1) is 8.59. The van der Waals surface area contributed by atoms with Gasteiger partial charge in [-0.1, -0.05) is 11.8 Å². The number of hydrogen-bond acceptors (Lipinski definition) is 2. The summed E-state index contributed by atoms with van der Waals surface area (Å²) in [5.74, 6) is 6.43. The summed E-state index contributed by atoms with van der Waals surface area (Å²) in [5.41, 5.74) is 1.83. The molecule has 0 aliphatic carbocycles. The van der Waals surface area contributed by atoms with Gasteiger partial charge in [-0.15, -0.1) is 0 Å². The summed E-state index contributed by atoms with van der Waals surface area (Å²) in [6.07, 6.45) is 0. The molecular weight excluding hydrogens is 250 g/mol.